The lowest BCUT2D eigenvalue weighted by Gasteiger charge is -2.29. The molecule has 1 fully saturated rings. The van der Waals surface area contributed by atoms with Crippen LogP contribution in [-0.4, -0.2) is 5.11 Å². The lowest BCUT2D eigenvalue weighted by Crippen LogP contribution is -2.19. The van der Waals surface area contributed by atoms with Gasteiger partial charge in [0.2, 0.25) is 0 Å². The van der Waals surface area contributed by atoms with Crippen molar-refractivity contribution in [1.29, 1.82) is 0 Å². The number of furan rings is 1. The van der Waals surface area contributed by atoms with E-state index in [2.05, 4.69) is 22.9 Å². The number of hydrogen-bond donors (Lipinski definition) is 1. The molecule has 0 radical (unpaired) electrons. The van der Waals surface area contributed by atoms with Crippen molar-refractivity contribution in [2.45, 2.75) is 38.7 Å². The van der Waals surface area contributed by atoms with Crippen molar-refractivity contribution in [3.8, 4) is 0 Å². The molecule has 1 saturated carbocycles. The Bertz CT molecular complexity index is 313. The first-order chi connectivity index (χ1) is 7.18. The first kappa shape index (κ1) is 11.2. The van der Waals surface area contributed by atoms with Crippen LogP contribution in [0.3, 0.4) is 0 Å². The minimum absolute atomic E-state index is 0.370. The van der Waals surface area contributed by atoms with Gasteiger partial charge in [-0.15, -0.1) is 0 Å². The molecule has 1 atom stereocenters. The molecule has 1 N–H and O–H groups in total. The van der Waals surface area contributed by atoms with E-state index in [1.54, 1.807) is 6.26 Å². The predicted molar refractivity (Wildman–Crippen MR) is 62.5 cm³/mol. The molecule has 0 spiro atoms. The first-order valence-corrected chi connectivity index (χ1v) is 6.38. The van der Waals surface area contributed by atoms with E-state index in [0.29, 0.717) is 10.6 Å². The molecule has 1 aromatic heterocycles. The molecule has 84 valence electrons. The topological polar surface area (TPSA) is 33.4 Å². The van der Waals surface area contributed by atoms with Crippen LogP contribution in [0.15, 0.2) is 21.4 Å². The Kier molecular flexibility index (Phi) is 3.52. The van der Waals surface area contributed by atoms with Crippen molar-refractivity contribution in [1.82, 2.24) is 0 Å². The maximum Gasteiger partial charge on any atom is 0.174 e. The zero-order valence-corrected chi connectivity index (χ0v) is 10.5. The van der Waals surface area contributed by atoms with Crippen LogP contribution in [0.1, 0.15) is 44.3 Å². The Morgan fingerprint density at radius 3 is 2.60 bits per heavy atom. The van der Waals surface area contributed by atoms with E-state index in [9.17, 15) is 5.11 Å². The van der Waals surface area contributed by atoms with Crippen molar-refractivity contribution >= 4 is 15.9 Å². The van der Waals surface area contributed by atoms with E-state index in [1.165, 1.54) is 12.8 Å². The van der Waals surface area contributed by atoms with Crippen molar-refractivity contribution < 1.29 is 9.52 Å². The molecule has 1 aliphatic rings. The molecule has 1 aromatic rings. The van der Waals surface area contributed by atoms with Gasteiger partial charge >= 0.3 is 0 Å². The normalized spacial score (nSPS) is 29.0. The monoisotopic (exact) mass is 272 g/mol. The smallest absolute Gasteiger partial charge is 0.174 e. The Hall–Kier alpha value is -0.280. The van der Waals surface area contributed by atoms with Gasteiger partial charge in [-0.3, -0.25) is 0 Å². The average Bonchev–Trinajstić information content (AvgIpc) is 2.65. The molecule has 1 aliphatic carbocycles. The highest BCUT2D eigenvalue weighted by Gasteiger charge is 2.27. The maximum atomic E-state index is 10.2. The summed E-state index contributed by atoms with van der Waals surface area (Å²) in [6.45, 7) is 2.29. The molecule has 1 heterocycles. The third-order valence-electron chi connectivity index (χ3n) is 3.47. The molecular weight excluding hydrogens is 256 g/mol. The largest absolute Gasteiger partial charge is 0.457 e. The molecule has 1 unspecified atom stereocenters. The van der Waals surface area contributed by atoms with Gasteiger partial charge in [0.05, 0.1) is 12.4 Å². The number of aliphatic hydroxyl groups is 1. The van der Waals surface area contributed by atoms with E-state index in [0.717, 1.165) is 24.3 Å². The van der Waals surface area contributed by atoms with Gasteiger partial charge < -0.3 is 9.52 Å². The van der Waals surface area contributed by atoms with Crippen LogP contribution >= 0.6 is 15.9 Å². The van der Waals surface area contributed by atoms with Crippen molar-refractivity contribution in [2.75, 3.05) is 0 Å². The third kappa shape index (κ3) is 2.45. The Morgan fingerprint density at radius 1 is 1.40 bits per heavy atom. The van der Waals surface area contributed by atoms with E-state index in [4.69, 9.17) is 4.42 Å². The van der Waals surface area contributed by atoms with Crippen LogP contribution < -0.4 is 0 Å². The number of rotatable bonds is 2. The summed E-state index contributed by atoms with van der Waals surface area (Å²) in [4.78, 5) is 0. The number of halogens is 1. The van der Waals surface area contributed by atoms with Crippen molar-refractivity contribution in [3.05, 3.63) is 22.6 Å². The van der Waals surface area contributed by atoms with E-state index >= 15 is 0 Å². The van der Waals surface area contributed by atoms with Crippen LogP contribution in [-0.2, 0) is 0 Å². The lowest BCUT2D eigenvalue weighted by molar-refractivity contribution is 0.0743. The minimum Gasteiger partial charge on any atom is -0.457 e. The van der Waals surface area contributed by atoms with Crippen molar-refractivity contribution in [2.24, 2.45) is 11.8 Å². The van der Waals surface area contributed by atoms with Gasteiger partial charge in [-0.25, -0.2) is 0 Å². The second-order valence-corrected chi connectivity index (χ2v) is 5.33. The average molecular weight is 273 g/mol. The fourth-order valence-corrected chi connectivity index (χ4v) is 2.85. The van der Waals surface area contributed by atoms with Gasteiger partial charge in [0, 0.05) is 5.56 Å². The molecule has 2 nitrogen and oxygen atoms in total. The molecule has 15 heavy (non-hydrogen) atoms. The SMILES string of the molecule is CC1CCC(C(O)c2ccoc2Br)CC1. The number of aliphatic hydroxyl groups excluding tert-OH is 1. The summed E-state index contributed by atoms with van der Waals surface area (Å²) >= 11 is 3.32. The third-order valence-corrected chi connectivity index (χ3v) is 4.12. The molecule has 0 aliphatic heterocycles. The van der Waals surface area contributed by atoms with Gasteiger partial charge in [-0.2, -0.15) is 0 Å². The highest BCUT2D eigenvalue weighted by molar-refractivity contribution is 9.10. The highest BCUT2D eigenvalue weighted by Crippen LogP contribution is 2.38. The van der Waals surface area contributed by atoms with Crippen LogP contribution in [0, 0.1) is 11.8 Å². The zero-order valence-electron chi connectivity index (χ0n) is 8.95. The maximum absolute atomic E-state index is 10.2. The fraction of sp³-hybridized carbons (Fsp3) is 0.667. The molecule has 2 rings (SSSR count). The molecule has 0 aromatic carbocycles. The molecule has 0 amide bonds. The lowest BCUT2D eigenvalue weighted by atomic mass is 9.79. The van der Waals surface area contributed by atoms with Gasteiger partial charge in [-0.05, 0) is 46.7 Å². The zero-order chi connectivity index (χ0) is 10.8. The Labute approximate surface area is 98.8 Å². The summed E-state index contributed by atoms with van der Waals surface area (Å²) in [5, 5.41) is 10.2. The number of hydrogen-bond acceptors (Lipinski definition) is 2. The summed E-state index contributed by atoms with van der Waals surface area (Å²) in [5.41, 5.74) is 0.898. The summed E-state index contributed by atoms with van der Waals surface area (Å²) < 4.78 is 5.83. The van der Waals surface area contributed by atoms with Gasteiger partial charge in [0.15, 0.2) is 4.67 Å². The quantitative estimate of drug-likeness (QED) is 0.886. The van der Waals surface area contributed by atoms with Crippen molar-refractivity contribution in [3.63, 3.8) is 0 Å². The van der Waals surface area contributed by atoms with Crippen LogP contribution in [0.2, 0.25) is 0 Å². The van der Waals surface area contributed by atoms with E-state index in [-0.39, 0.29) is 6.10 Å². The van der Waals surface area contributed by atoms with Gasteiger partial charge in [0.25, 0.3) is 0 Å². The Morgan fingerprint density at radius 2 is 2.07 bits per heavy atom. The highest BCUT2D eigenvalue weighted by atomic mass is 79.9. The van der Waals surface area contributed by atoms with Gasteiger partial charge in [-0.1, -0.05) is 19.8 Å². The molecule has 0 bridgehead atoms. The summed E-state index contributed by atoms with van der Waals surface area (Å²) in [6.07, 6.45) is 5.97. The summed E-state index contributed by atoms with van der Waals surface area (Å²) in [6, 6.07) is 1.85. The van der Waals surface area contributed by atoms with Crippen LogP contribution in [0.25, 0.3) is 0 Å². The second kappa shape index (κ2) is 4.71. The standard InChI is InChI=1S/C12H17BrO2/c1-8-2-4-9(5-3-8)11(14)10-6-7-15-12(10)13/h6-9,11,14H,2-5H2,1H3. The van der Waals surface area contributed by atoms with Gasteiger partial charge in [0.1, 0.15) is 0 Å². The molecule has 3 heteroatoms. The summed E-state index contributed by atoms with van der Waals surface area (Å²) in [5.74, 6) is 1.22. The summed E-state index contributed by atoms with van der Waals surface area (Å²) in [7, 11) is 0. The predicted octanol–water partition coefficient (Wildman–Crippen LogP) is 3.90. The molecule has 0 saturated heterocycles. The Balaban J connectivity index is 2.02. The van der Waals surface area contributed by atoms with E-state index < -0.39 is 0 Å². The molecular formula is C12H17BrO2. The fourth-order valence-electron chi connectivity index (χ4n) is 2.37. The van der Waals surface area contributed by atoms with E-state index in [1.807, 2.05) is 6.07 Å². The second-order valence-electron chi connectivity index (χ2n) is 4.61. The minimum atomic E-state index is -0.370. The van der Waals surface area contributed by atoms with Crippen LogP contribution in [0.4, 0.5) is 0 Å². The van der Waals surface area contributed by atoms with Crippen LogP contribution in [0.5, 0.6) is 0 Å². The first-order valence-electron chi connectivity index (χ1n) is 5.59.